The number of carbonyl (C=O) groups excluding carboxylic acids is 3. The third kappa shape index (κ3) is 4.95. The number of hydrogen-bond acceptors (Lipinski definition) is 7. The van der Waals surface area contributed by atoms with E-state index < -0.39 is 28.1 Å². The number of thioether (sulfide) groups is 1. The van der Waals surface area contributed by atoms with Crippen LogP contribution < -0.4 is 10.6 Å². The Labute approximate surface area is 134 Å². The van der Waals surface area contributed by atoms with E-state index in [2.05, 4.69) is 10.6 Å². The fraction of sp³-hybridized carbons (Fsp3) is 0.308. The molecule has 0 radical (unpaired) electrons. The molecule has 0 unspecified atom stereocenters. The molecule has 9 nitrogen and oxygen atoms in total. The van der Waals surface area contributed by atoms with Crippen molar-refractivity contribution in [3.05, 3.63) is 34.4 Å². The van der Waals surface area contributed by atoms with Gasteiger partial charge in [-0.25, -0.2) is 4.79 Å². The van der Waals surface area contributed by atoms with Crippen molar-refractivity contribution in [3.8, 4) is 0 Å². The monoisotopic (exact) mass is 339 g/mol. The van der Waals surface area contributed by atoms with Crippen molar-refractivity contribution in [1.82, 2.24) is 5.32 Å². The number of anilines is 1. The first kappa shape index (κ1) is 16.7. The van der Waals surface area contributed by atoms with Crippen LogP contribution in [0.15, 0.2) is 24.3 Å². The van der Waals surface area contributed by atoms with Gasteiger partial charge in [-0.3, -0.25) is 19.7 Å². The minimum atomic E-state index is -0.671. The number of hydrogen-bond donors (Lipinski definition) is 2. The molecule has 0 spiro atoms. The standard InChI is InChI=1S/C13H13N3O6S/c17-11(14-8-2-1-3-9(6-8)16(20)21)7-23-13(19)15-10-4-5-22-12(10)18/h1-3,6,10H,4-5,7H2,(H,14,17)(H,15,19)/t10-/m0/s1. The maximum Gasteiger partial charge on any atom is 0.328 e. The van der Waals surface area contributed by atoms with E-state index in [1.807, 2.05) is 0 Å². The predicted octanol–water partition coefficient (Wildman–Crippen LogP) is 1.29. The largest absolute Gasteiger partial charge is 0.464 e. The maximum absolute atomic E-state index is 11.7. The molecule has 0 bridgehead atoms. The molecule has 1 atom stereocenters. The molecule has 0 aromatic heterocycles. The molecule has 1 aromatic carbocycles. The minimum absolute atomic E-state index is 0.145. The molecule has 2 rings (SSSR count). The lowest BCUT2D eigenvalue weighted by molar-refractivity contribution is -0.384. The second kappa shape index (κ2) is 7.58. The van der Waals surface area contributed by atoms with Crippen LogP contribution in [-0.2, 0) is 14.3 Å². The minimum Gasteiger partial charge on any atom is -0.464 e. The molecule has 2 amide bonds. The van der Waals surface area contributed by atoms with E-state index in [0.29, 0.717) is 18.2 Å². The number of nitro groups is 1. The molecule has 122 valence electrons. The Morgan fingerprint density at radius 1 is 1.43 bits per heavy atom. The topological polar surface area (TPSA) is 128 Å². The van der Waals surface area contributed by atoms with Gasteiger partial charge in [-0.1, -0.05) is 17.8 Å². The Balaban J connectivity index is 1.78. The summed E-state index contributed by atoms with van der Waals surface area (Å²) in [6, 6.07) is 4.80. The van der Waals surface area contributed by atoms with E-state index in [9.17, 15) is 24.5 Å². The number of esters is 1. The van der Waals surface area contributed by atoms with Crippen LogP contribution in [0.1, 0.15) is 6.42 Å². The van der Waals surface area contributed by atoms with Gasteiger partial charge >= 0.3 is 5.97 Å². The maximum atomic E-state index is 11.7. The van der Waals surface area contributed by atoms with E-state index in [1.54, 1.807) is 0 Å². The van der Waals surface area contributed by atoms with E-state index in [0.717, 1.165) is 0 Å². The smallest absolute Gasteiger partial charge is 0.328 e. The Kier molecular flexibility index (Phi) is 5.52. The fourth-order valence-electron chi connectivity index (χ4n) is 1.84. The molecule has 0 aliphatic carbocycles. The van der Waals surface area contributed by atoms with Crippen LogP contribution in [0, 0.1) is 10.1 Å². The molecule has 1 saturated heterocycles. The van der Waals surface area contributed by atoms with Crippen molar-refractivity contribution in [2.75, 3.05) is 17.7 Å². The van der Waals surface area contributed by atoms with Gasteiger partial charge in [0.25, 0.3) is 10.9 Å². The van der Waals surface area contributed by atoms with Gasteiger partial charge in [0.15, 0.2) is 0 Å². The zero-order chi connectivity index (χ0) is 16.8. The first-order valence-electron chi connectivity index (χ1n) is 6.60. The van der Waals surface area contributed by atoms with Gasteiger partial charge in [0.05, 0.1) is 17.3 Å². The highest BCUT2D eigenvalue weighted by atomic mass is 32.2. The summed E-state index contributed by atoms with van der Waals surface area (Å²) >= 11 is 0.699. The van der Waals surface area contributed by atoms with Crippen molar-refractivity contribution in [2.24, 2.45) is 0 Å². The molecule has 1 aliphatic heterocycles. The lowest BCUT2D eigenvalue weighted by atomic mass is 10.3. The van der Waals surface area contributed by atoms with Crippen LogP contribution in [0.3, 0.4) is 0 Å². The van der Waals surface area contributed by atoms with Gasteiger partial charge in [0.2, 0.25) is 5.91 Å². The number of amides is 2. The molecule has 1 aliphatic rings. The number of rotatable bonds is 5. The van der Waals surface area contributed by atoms with Crippen LogP contribution in [0.25, 0.3) is 0 Å². The number of benzene rings is 1. The SMILES string of the molecule is O=C(CSC(=O)N[C@H]1CCOC1=O)Nc1cccc([N+](=O)[O-])c1. The van der Waals surface area contributed by atoms with Crippen LogP contribution in [0.2, 0.25) is 0 Å². The summed E-state index contributed by atoms with van der Waals surface area (Å²) in [5, 5.41) is 15.0. The Bertz CT molecular complexity index is 650. The number of non-ortho nitro benzene ring substituents is 1. The number of nitrogens with one attached hydrogen (secondary N) is 2. The summed E-state index contributed by atoms with van der Waals surface area (Å²) in [6.07, 6.45) is 0.408. The normalized spacial score (nSPS) is 16.5. The molecule has 1 fully saturated rings. The molecule has 1 aromatic rings. The Morgan fingerprint density at radius 3 is 2.87 bits per heavy atom. The summed E-state index contributed by atoms with van der Waals surface area (Å²) in [5.74, 6) is -1.16. The molecule has 2 N–H and O–H groups in total. The van der Waals surface area contributed by atoms with Crippen molar-refractivity contribution in [2.45, 2.75) is 12.5 Å². The average Bonchev–Trinajstić information content (AvgIpc) is 2.90. The molecule has 0 saturated carbocycles. The highest BCUT2D eigenvalue weighted by Gasteiger charge is 2.28. The molecule has 1 heterocycles. The quantitative estimate of drug-likeness (QED) is 0.470. The number of ether oxygens (including phenoxy) is 1. The molecule has 10 heteroatoms. The van der Waals surface area contributed by atoms with E-state index in [1.165, 1.54) is 24.3 Å². The van der Waals surface area contributed by atoms with Crippen LogP contribution in [0.5, 0.6) is 0 Å². The molecular formula is C13H13N3O6S. The summed E-state index contributed by atoms with van der Waals surface area (Å²) < 4.78 is 4.70. The van der Waals surface area contributed by atoms with Gasteiger partial charge in [0, 0.05) is 24.2 Å². The molecule has 23 heavy (non-hydrogen) atoms. The number of nitrogens with zero attached hydrogens (tertiary/aromatic N) is 1. The Hall–Kier alpha value is -2.62. The number of carbonyl (C=O) groups is 3. The van der Waals surface area contributed by atoms with E-state index >= 15 is 0 Å². The second-order valence-electron chi connectivity index (χ2n) is 4.58. The predicted molar refractivity (Wildman–Crippen MR) is 82.1 cm³/mol. The summed E-state index contributed by atoms with van der Waals surface area (Å²) in [5.41, 5.74) is 0.123. The summed E-state index contributed by atoms with van der Waals surface area (Å²) in [4.78, 5) is 44.6. The fourth-order valence-corrected chi connectivity index (χ4v) is 2.40. The van der Waals surface area contributed by atoms with Crippen molar-refractivity contribution < 1.29 is 24.0 Å². The molecular weight excluding hydrogens is 326 g/mol. The van der Waals surface area contributed by atoms with Crippen molar-refractivity contribution >= 4 is 40.3 Å². The zero-order valence-corrected chi connectivity index (χ0v) is 12.6. The zero-order valence-electron chi connectivity index (χ0n) is 11.8. The van der Waals surface area contributed by atoms with Gasteiger partial charge in [-0.2, -0.15) is 0 Å². The lowest BCUT2D eigenvalue weighted by Gasteiger charge is -2.08. The summed E-state index contributed by atoms with van der Waals surface area (Å²) in [6.45, 7) is 0.266. The third-order valence-corrected chi connectivity index (χ3v) is 3.69. The average molecular weight is 339 g/mol. The first-order valence-corrected chi connectivity index (χ1v) is 7.58. The van der Waals surface area contributed by atoms with Crippen molar-refractivity contribution in [3.63, 3.8) is 0 Å². The number of cyclic esters (lactones) is 1. The van der Waals surface area contributed by atoms with Crippen LogP contribution in [0.4, 0.5) is 16.2 Å². The third-order valence-electron chi connectivity index (χ3n) is 2.90. The highest BCUT2D eigenvalue weighted by molar-refractivity contribution is 8.14. The van der Waals surface area contributed by atoms with Gasteiger partial charge in [0.1, 0.15) is 6.04 Å². The van der Waals surface area contributed by atoms with E-state index in [4.69, 9.17) is 4.74 Å². The van der Waals surface area contributed by atoms with Gasteiger partial charge in [-0.05, 0) is 6.07 Å². The van der Waals surface area contributed by atoms with Gasteiger partial charge < -0.3 is 15.4 Å². The van der Waals surface area contributed by atoms with E-state index in [-0.39, 0.29) is 23.7 Å². The van der Waals surface area contributed by atoms with Crippen molar-refractivity contribution in [1.29, 1.82) is 0 Å². The Morgan fingerprint density at radius 2 is 2.22 bits per heavy atom. The first-order chi connectivity index (χ1) is 11.0. The summed E-state index contributed by atoms with van der Waals surface area (Å²) in [7, 11) is 0. The second-order valence-corrected chi connectivity index (χ2v) is 5.53. The van der Waals surface area contributed by atoms with Crippen LogP contribution in [-0.4, -0.2) is 40.4 Å². The van der Waals surface area contributed by atoms with Crippen LogP contribution >= 0.6 is 11.8 Å². The van der Waals surface area contributed by atoms with Gasteiger partial charge in [-0.15, -0.1) is 0 Å². The highest BCUT2D eigenvalue weighted by Crippen LogP contribution is 2.17. The lowest BCUT2D eigenvalue weighted by Crippen LogP contribution is -2.36. The number of nitro benzene ring substituents is 1.